The van der Waals surface area contributed by atoms with Crippen LogP contribution in [0.3, 0.4) is 0 Å². The van der Waals surface area contributed by atoms with Gasteiger partial charge in [-0.05, 0) is 191 Å². The standard InChI is InChI=1S/C25H19N3O2.C24H17N3O2.C24H21N3O2.C23H19N3O2S/c1-28-22-9-5-2-6-17(22)14-23(28)25(30)27-18-12-10-16(11-13-18)21-15-26-24(29)20-8-4-3-7-19(20)21;1-15(23-20-8-4-5-9-22(20)27-29-23)26-17-12-10-16(11-13-17)21-14-25-24(28)19-7-3-2-6-18(19)21;1-27(2)19-13-9-17(10-14-19)23(28)26-18-11-7-16(8-12-18)22-15-25-24(29)21-6-4-3-5-20(21)22;27-21-17-6-2-1-5-16(17)18(13-24-21)14-9-11-15(12-10-14)25-22(28)23-26-19-7-3-4-8-20(19)29-23/h2-15H,1H3,(H,26,29)(H,27,30);2-14,26H,1H2,(H,25,28);3-15H,1-2H3,(H,25,29)(H,26,28);1-2,5-6,9-13H,3-4,7-8H2,(H,24,27)(H,25,28). The first kappa shape index (κ1) is 75.7. The fraction of sp³-hybridized carbons (Fsp3) is 0.0729. The van der Waals surface area contributed by atoms with E-state index in [-0.39, 0.29) is 40.0 Å². The van der Waals surface area contributed by atoms with E-state index < -0.39 is 0 Å². The molecule has 0 atom stereocenters. The van der Waals surface area contributed by atoms with E-state index in [4.69, 9.17) is 4.52 Å². The van der Waals surface area contributed by atoms with Gasteiger partial charge in [-0.1, -0.05) is 163 Å². The highest BCUT2D eigenvalue weighted by molar-refractivity contribution is 7.13. The number of hydrogen-bond acceptors (Lipinski definition) is 13. The molecular weight excluding hydrogens is 1480 g/mol. The molecule has 0 bridgehead atoms. The normalized spacial score (nSPS) is 11.5. The molecule has 7 heterocycles. The van der Waals surface area contributed by atoms with E-state index in [1.807, 2.05) is 304 Å². The summed E-state index contributed by atoms with van der Waals surface area (Å²) in [6.45, 7) is 4.09. The Morgan fingerprint density at radius 2 is 0.803 bits per heavy atom. The van der Waals surface area contributed by atoms with Crippen LogP contribution in [-0.2, 0) is 19.9 Å². The monoisotopic (exact) mass is 1560 g/mol. The number of para-hydroxylation sites is 1. The number of aromatic amines is 4. The molecule has 0 spiro atoms. The highest BCUT2D eigenvalue weighted by Gasteiger charge is 2.21. The molecule has 0 fully saturated rings. The average molecular weight is 1560 g/mol. The van der Waals surface area contributed by atoms with Gasteiger partial charge in [0.2, 0.25) is 0 Å². The lowest BCUT2D eigenvalue weighted by molar-refractivity contribution is 0.101. The van der Waals surface area contributed by atoms with Crippen LogP contribution in [0.5, 0.6) is 0 Å². The number of carbonyl (C=O) groups is 3. The average Bonchev–Trinajstić information content (AvgIpc) is 1.52. The third-order valence-corrected chi connectivity index (χ3v) is 21.8. The molecule has 0 saturated heterocycles. The zero-order chi connectivity index (χ0) is 80.6. The van der Waals surface area contributed by atoms with E-state index in [1.165, 1.54) is 22.6 Å². The molecule has 3 amide bonds. The Kier molecular flexibility index (Phi) is 21.7. The molecule has 117 heavy (non-hydrogen) atoms. The van der Waals surface area contributed by atoms with Gasteiger partial charge in [-0.25, -0.2) is 4.98 Å². The number of hydrogen-bond donors (Lipinski definition) is 8. The second-order valence-electron chi connectivity index (χ2n) is 28.3. The van der Waals surface area contributed by atoms with Gasteiger partial charge in [0, 0.05) is 140 Å². The van der Waals surface area contributed by atoms with Crippen molar-refractivity contribution >= 4 is 128 Å². The number of benzene rings is 11. The summed E-state index contributed by atoms with van der Waals surface area (Å²) in [4.78, 5) is 105. The van der Waals surface area contributed by atoms with Crippen molar-refractivity contribution < 1.29 is 18.9 Å². The number of thiazole rings is 1. The summed E-state index contributed by atoms with van der Waals surface area (Å²) < 4.78 is 7.35. The van der Waals surface area contributed by atoms with Crippen molar-refractivity contribution in [2.24, 2.45) is 7.05 Å². The van der Waals surface area contributed by atoms with Crippen molar-refractivity contribution in [3.63, 3.8) is 0 Å². The van der Waals surface area contributed by atoms with Crippen molar-refractivity contribution in [2.45, 2.75) is 25.7 Å². The molecule has 18 aromatic rings. The number of aromatic nitrogens is 7. The van der Waals surface area contributed by atoms with Crippen LogP contribution < -0.4 is 48.4 Å². The zero-order valence-electron chi connectivity index (χ0n) is 63.8. The van der Waals surface area contributed by atoms with E-state index in [1.54, 1.807) is 24.8 Å². The molecule has 20 nitrogen and oxygen atoms in total. The van der Waals surface area contributed by atoms with Gasteiger partial charge in [0.25, 0.3) is 40.0 Å². The SMILES string of the molecule is C=C(Nc1ccc(-c2c[nH]c(=O)c3ccccc23)cc1)c1onc2ccccc12.CN(C)c1ccc(C(=O)Nc2ccc(-c3c[nH]c(=O)c4ccccc34)cc2)cc1.Cn1c(C(=O)Nc2ccc(-c3c[nH]c(=O)c4ccccc34)cc2)cc2ccccc21.O=C(Nc1ccc(-c2c[nH]c(=O)c3ccccc23)cc1)c1nc2c(s1)CCCC2. The predicted molar refractivity (Wildman–Crippen MR) is 473 cm³/mol. The first-order valence-electron chi connectivity index (χ1n) is 37.9. The van der Waals surface area contributed by atoms with Crippen LogP contribution in [0.25, 0.3) is 115 Å². The van der Waals surface area contributed by atoms with Gasteiger partial charge < -0.3 is 55.2 Å². The van der Waals surface area contributed by atoms with E-state index in [2.05, 4.69) is 57.9 Å². The molecule has 0 unspecified atom stereocenters. The largest absolute Gasteiger partial charge is 0.378 e. The van der Waals surface area contributed by atoms with Gasteiger partial charge in [0.15, 0.2) is 10.8 Å². The number of pyridine rings is 4. The Morgan fingerprint density at radius 1 is 0.427 bits per heavy atom. The minimum Gasteiger partial charge on any atom is -0.378 e. The van der Waals surface area contributed by atoms with Crippen LogP contribution >= 0.6 is 11.3 Å². The molecule has 19 rings (SSSR count). The molecule has 21 heteroatoms. The number of fused-ring (bicyclic) bond motifs is 7. The van der Waals surface area contributed by atoms with Crippen molar-refractivity contribution in [2.75, 3.05) is 40.3 Å². The lowest BCUT2D eigenvalue weighted by Crippen LogP contribution is -2.15. The van der Waals surface area contributed by atoms with Crippen LogP contribution in [0, 0.1) is 0 Å². The van der Waals surface area contributed by atoms with Crippen LogP contribution in [-0.4, -0.2) is 66.5 Å². The predicted octanol–water partition coefficient (Wildman–Crippen LogP) is 19.7. The third-order valence-electron chi connectivity index (χ3n) is 20.6. The van der Waals surface area contributed by atoms with E-state index in [0.717, 1.165) is 130 Å². The fourth-order valence-electron chi connectivity index (χ4n) is 14.5. The minimum atomic E-state index is -0.161. The van der Waals surface area contributed by atoms with Crippen molar-refractivity contribution in [1.82, 2.24) is 34.6 Å². The third kappa shape index (κ3) is 16.4. The van der Waals surface area contributed by atoms with Gasteiger partial charge in [-0.15, -0.1) is 11.3 Å². The van der Waals surface area contributed by atoms with E-state index in [0.29, 0.717) is 60.6 Å². The molecule has 0 saturated carbocycles. The summed E-state index contributed by atoms with van der Waals surface area (Å²) in [6, 6.07) is 86.0. The molecule has 1 aliphatic rings. The first-order valence-corrected chi connectivity index (χ1v) is 38.7. The summed E-state index contributed by atoms with van der Waals surface area (Å²) >= 11 is 1.51. The maximum atomic E-state index is 12.8. The number of H-pyrrole nitrogens is 4. The second-order valence-corrected chi connectivity index (χ2v) is 29.4. The topological polar surface area (TPSA) is 278 Å². The molecule has 8 N–H and O–H groups in total. The lowest BCUT2D eigenvalue weighted by atomic mass is 10.0. The molecule has 11 aromatic carbocycles. The highest BCUT2D eigenvalue weighted by atomic mass is 32.1. The minimum absolute atomic E-state index is 0.0850. The smallest absolute Gasteiger partial charge is 0.284 e. The molecule has 7 aromatic heterocycles. The van der Waals surface area contributed by atoms with Gasteiger partial charge in [-0.3, -0.25) is 33.6 Å². The maximum Gasteiger partial charge on any atom is 0.284 e. The summed E-state index contributed by atoms with van der Waals surface area (Å²) in [5, 5.41) is 24.9. The Hall–Kier alpha value is -15.4. The number of rotatable bonds is 14. The summed E-state index contributed by atoms with van der Waals surface area (Å²) in [5.41, 5.74) is 16.2. The number of aryl methyl sites for hydroxylation is 3. The van der Waals surface area contributed by atoms with E-state index >= 15 is 0 Å². The quantitative estimate of drug-likeness (QED) is 0.0505. The van der Waals surface area contributed by atoms with Crippen molar-refractivity contribution in [1.29, 1.82) is 0 Å². The zero-order valence-corrected chi connectivity index (χ0v) is 64.6. The first-order chi connectivity index (χ1) is 57.0. The summed E-state index contributed by atoms with van der Waals surface area (Å²) in [7, 11) is 5.81. The molecule has 0 radical (unpaired) electrons. The second kappa shape index (κ2) is 33.5. The van der Waals surface area contributed by atoms with Crippen molar-refractivity contribution in [3.05, 3.63) is 378 Å². The number of nitrogens with one attached hydrogen (secondary N) is 8. The van der Waals surface area contributed by atoms with Gasteiger partial charge >= 0.3 is 0 Å². The fourth-order valence-corrected chi connectivity index (χ4v) is 15.6. The van der Waals surface area contributed by atoms with Crippen molar-refractivity contribution in [3.8, 4) is 44.5 Å². The molecule has 1 aliphatic carbocycles. The van der Waals surface area contributed by atoms with Crippen LogP contribution in [0.15, 0.2) is 328 Å². The van der Waals surface area contributed by atoms with Gasteiger partial charge in [0.1, 0.15) is 11.2 Å². The number of amides is 3. The molecular formula is C96H76N12O8S. The van der Waals surface area contributed by atoms with Gasteiger partial charge in [-0.2, -0.15) is 0 Å². The van der Waals surface area contributed by atoms with Crippen LogP contribution in [0.2, 0.25) is 0 Å². The summed E-state index contributed by atoms with van der Waals surface area (Å²) in [5.74, 6) is 0.149. The highest BCUT2D eigenvalue weighted by Crippen LogP contribution is 2.35. The Balaban J connectivity index is 0.000000117. The number of carbonyl (C=O) groups excluding carboxylic acids is 3. The van der Waals surface area contributed by atoms with Crippen LogP contribution in [0.1, 0.15) is 59.8 Å². The molecule has 0 aliphatic heterocycles. The number of anilines is 5. The van der Waals surface area contributed by atoms with Gasteiger partial charge in [0.05, 0.1) is 16.8 Å². The lowest BCUT2D eigenvalue weighted by Gasteiger charge is -2.13. The van der Waals surface area contributed by atoms with Crippen LogP contribution in [0.4, 0.5) is 28.4 Å². The maximum absolute atomic E-state index is 12.8. The summed E-state index contributed by atoms with van der Waals surface area (Å²) in [6.07, 6.45) is 11.3. The van der Waals surface area contributed by atoms with E-state index in [9.17, 15) is 33.6 Å². The Bertz CT molecular complexity index is 7040. The molecule has 574 valence electrons. The number of nitrogens with zero attached hydrogens (tertiary/aromatic N) is 4. The Labute approximate surface area is 673 Å². The Morgan fingerprint density at radius 3 is 1.23 bits per heavy atom.